The van der Waals surface area contributed by atoms with E-state index in [1.165, 1.54) is 10.4 Å². The van der Waals surface area contributed by atoms with Crippen LogP contribution in [0.1, 0.15) is 37.8 Å². The number of phenolic OH excluding ortho intramolecular Hbond substituents is 1. The number of hydrogen-bond donors (Lipinski definition) is 5. The van der Waals surface area contributed by atoms with E-state index in [9.17, 15) is 13.5 Å². The summed E-state index contributed by atoms with van der Waals surface area (Å²) in [5, 5.41) is 23.8. The van der Waals surface area contributed by atoms with Gasteiger partial charge in [0, 0.05) is 13.1 Å². The van der Waals surface area contributed by atoms with Gasteiger partial charge in [0.2, 0.25) is 10.0 Å². The smallest absolute Gasteiger partial charge is 0.246 e. The summed E-state index contributed by atoms with van der Waals surface area (Å²) in [6, 6.07) is 14.7. The molecule has 2 aliphatic rings. The lowest BCUT2D eigenvalue weighted by Crippen LogP contribution is -2.28. The monoisotopic (exact) mass is 495 g/mol. The second-order valence-corrected chi connectivity index (χ2v) is 10.5. The highest BCUT2D eigenvalue weighted by Crippen LogP contribution is 2.38. The Kier molecular flexibility index (Phi) is 6.35. The number of nitrogens with one attached hydrogen (secondary N) is 4. The minimum Gasteiger partial charge on any atom is -0.504 e. The molecule has 0 radical (unpaired) electrons. The van der Waals surface area contributed by atoms with E-state index in [0.29, 0.717) is 43.0 Å². The fourth-order valence-electron chi connectivity index (χ4n) is 4.38. The van der Waals surface area contributed by atoms with Crippen molar-refractivity contribution in [2.24, 2.45) is 0 Å². The quantitative estimate of drug-likeness (QED) is 0.293. The van der Waals surface area contributed by atoms with Gasteiger partial charge in [-0.25, -0.2) is 18.4 Å². The predicted octanol–water partition coefficient (Wildman–Crippen LogP) is 4.07. The average Bonchev–Trinajstić information content (AvgIpc) is 3.57. The highest BCUT2D eigenvalue weighted by Gasteiger charge is 2.31. The maximum absolute atomic E-state index is 13.1. The van der Waals surface area contributed by atoms with Crippen LogP contribution in [-0.4, -0.2) is 47.6 Å². The molecule has 184 valence electrons. The highest BCUT2D eigenvalue weighted by molar-refractivity contribution is 7.89. The number of aromatic hydroxyl groups is 1. The molecule has 1 aromatic heterocycles. The molecule has 1 fully saturated rings. The topological polar surface area (TPSA) is 132 Å². The highest BCUT2D eigenvalue weighted by atomic mass is 32.2. The van der Waals surface area contributed by atoms with Crippen molar-refractivity contribution in [3.63, 3.8) is 0 Å². The zero-order valence-corrected chi connectivity index (χ0v) is 20.3. The van der Waals surface area contributed by atoms with Gasteiger partial charge in [-0.1, -0.05) is 43.3 Å². The molecule has 2 aliphatic heterocycles. The van der Waals surface area contributed by atoms with Crippen LogP contribution in [0.3, 0.4) is 0 Å². The molecule has 0 saturated carbocycles. The van der Waals surface area contributed by atoms with Gasteiger partial charge in [-0.15, -0.1) is 0 Å². The Morgan fingerprint density at radius 3 is 2.37 bits per heavy atom. The molecule has 3 heterocycles. The van der Waals surface area contributed by atoms with Crippen molar-refractivity contribution >= 4 is 39.0 Å². The fourth-order valence-corrected chi connectivity index (χ4v) is 6.00. The summed E-state index contributed by atoms with van der Waals surface area (Å²) in [5.74, 6) is 1.72. The standard InChI is InChI=1S/C24H29N7O3S/c1-2-17(16-9-4-3-5-10-16)27-23-24(30-22-21(29-23)25-15-26-22)28-18-11-8-12-19(20(18)32)35(33,34)31-13-6-7-14-31/h3-5,8-12,17,32H,2,6-7,13-15H2,1H3,(H2,25,27,29)(H2,26,28,30)/t17-/m1/s1. The van der Waals surface area contributed by atoms with Crippen LogP contribution in [0.4, 0.5) is 29.0 Å². The first kappa shape index (κ1) is 23.2. The van der Waals surface area contributed by atoms with Crippen LogP contribution in [0.2, 0.25) is 0 Å². The number of nitrogens with zero attached hydrogens (tertiary/aromatic N) is 3. The lowest BCUT2D eigenvalue weighted by Gasteiger charge is -2.21. The Balaban J connectivity index is 1.50. The summed E-state index contributed by atoms with van der Waals surface area (Å²) in [4.78, 5) is 9.25. The third-order valence-corrected chi connectivity index (χ3v) is 8.19. The summed E-state index contributed by atoms with van der Waals surface area (Å²) in [6.07, 6.45) is 2.44. The molecule has 0 amide bonds. The van der Waals surface area contributed by atoms with Crippen molar-refractivity contribution in [3.05, 3.63) is 54.1 Å². The molecule has 0 spiro atoms. The van der Waals surface area contributed by atoms with Gasteiger partial charge in [-0.2, -0.15) is 4.31 Å². The summed E-state index contributed by atoms with van der Waals surface area (Å²) >= 11 is 0. The molecule has 5 rings (SSSR count). The molecule has 5 N–H and O–H groups in total. The molecule has 35 heavy (non-hydrogen) atoms. The number of phenols is 1. The van der Waals surface area contributed by atoms with Gasteiger partial charge in [0.05, 0.1) is 18.4 Å². The van der Waals surface area contributed by atoms with Gasteiger partial charge < -0.3 is 26.4 Å². The van der Waals surface area contributed by atoms with E-state index in [1.54, 1.807) is 12.1 Å². The second kappa shape index (κ2) is 9.59. The fraction of sp³-hybridized carbons (Fsp3) is 0.333. The number of para-hydroxylation sites is 1. The number of aromatic nitrogens is 2. The van der Waals surface area contributed by atoms with Gasteiger partial charge in [-0.3, -0.25) is 0 Å². The zero-order chi connectivity index (χ0) is 24.4. The van der Waals surface area contributed by atoms with Crippen LogP contribution in [0.5, 0.6) is 5.75 Å². The van der Waals surface area contributed by atoms with Gasteiger partial charge in [0.25, 0.3) is 0 Å². The van der Waals surface area contributed by atoms with E-state index < -0.39 is 10.0 Å². The van der Waals surface area contributed by atoms with Gasteiger partial charge >= 0.3 is 0 Å². The summed E-state index contributed by atoms with van der Waals surface area (Å²) in [5.41, 5.74) is 1.34. The number of sulfonamides is 1. The number of rotatable bonds is 8. The normalized spacial score (nSPS) is 16.3. The van der Waals surface area contributed by atoms with Crippen molar-refractivity contribution < 1.29 is 13.5 Å². The summed E-state index contributed by atoms with van der Waals surface area (Å²) in [6.45, 7) is 3.50. The molecule has 1 atom stereocenters. The summed E-state index contributed by atoms with van der Waals surface area (Å²) < 4.78 is 27.6. The Hall–Kier alpha value is -3.57. The lowest BCUT2D eigenvalue weighted by atomic mass is 10.0. The molecular formula is C24H29N7O3S. The van der Waals surface area contributed by atoms with Gasteiger partial charge in [0.15, 0.2) is 29.0 Å². The molecule has 10 nitrogen and oxygen atoms in total. The third-order valence-electron chi connectivity index (χ3n) is 6.26. The lowest BCUT2D eigenvalue weighted by molar-refractivity contribution is 0.445. The molecule has 0 aliphatic carbocycles. The van der Waals surface area contributed by atoms with E-state index in [-0.39, 0.29) is 22.4 Å². The van der Waals surface area contributed by atoms with E-state index >= 15 is 0 Å². The van der Waals surface area contributed by atoms with Crippen molar-refractivity contribution in [3.8, 4) is 5.75 Å². The van der Waals surface area contributed by atoms with Gasteiger partial charge in [0.1, 0.15) is 4.90 Å². The molecular weight excluding hydrogens is 466 g/mol. The minimum absolute atomic E-state index is 0.0195. The average molecular weight is 496 g/mol. The Labute approximate surface area is 204 Å². The number of benzene rings is 2. The Morgan fingerprint density at radius 2 is 1.69 bits per heavy atom. The predicted molar refractivity (Wildman–Crippen MR) is 137 cm³/mol. The largest absolute Gasteiger partial charge is 0.504 e. The van der Waals surface area contributed by atoms with Crippen molar-refractivity contribution in [2.75, 3.05) is 41.0 Å². The second-order valence-electron chi connectivity index (χ2n) is 8.55. The van der Waals surface area contributed by atoms with Crippen LogP contribution in [0, 0.1) is 0 Å². The molecule has 11 heteroatoms. The zero-order valence-electron chi connectivity index (χ0n) is 19.5. The molecule has 1 saturated heterocycles. The number of hydrogen-bond acceptors (Lipinski definition) is 9. The van der Waals surface area contributed by atoms with E-state index in [4.69, 9.17) is 4.98 Å². The van der Waals surface area contributed by atoms with Crippen LogP contribution >= 0.6 is 0 Å². The molecule has 2 aromatic carbocycles. The van der Waals surface area contributed by atoms with Crippen molar-refractivity contribution in [1.29, 1.82) is 0 Å². The van der Waals surface area contributed by atoms with E-state index in [2.05, 4.69) is 33.2 Å². The van der Waals surface area contributed by atoms with Crippen LogP contribution < -0.4 is 21.3 Å². The Bertz CT molecular complexity index is 1310. The van der Waals surface area contributed by atoms with Crippen LogP contribution in [0.25, 0.3) is 0 Å². The first-order valence-electron chi connectivity index (χ1n) is 11.8. The maximum Gasteiger partial charge on any atom is 0.246 e. The van der Waals surface area contributed by atoms with Crippen molar-refractivity contribution in [1.82, 2.24) is 14.3 Å². The Morgan fingerprint density at radius 1 is 1.00 bits per heavy atom. The number of fused-ring (bicyclic) bond motifs is 1. The summed E-state index contributed by atoms with van der Waals surface area (Å²) in [7, 11) is -3.79. The maximum atomic E-state index is 13.1. The SMILES string of the molecule is CC[C@@H](Nc1nc2c(nc1Nc1cccc(S(=O)(=O)N3CCCC3)c1O)NCN2)c1ccccc1. The van der Waals surface area contributed by atoms with E-state index in [0.717, 1.165) is 24.8 Å². The van der Waals surface area contributed by atoms with Crippen molar-refractivity contribution in [2.45, 2.75) is 37.1 Å². The van der Waals surface area contributed by atoms with Crippen LogP contribution in [0.15, 0.2) is 53.4 Å². The number of anilines is 5. The first-order valence-corrected chi connectivity index (χ1v) is 13.2. The van der Waals surface area contributed by atoms with E-state index in [1.807, 2.05) is 30.3 Å². The first-order chi connectivity index (χ1) is 17.0. The van der Waals surface area contributed by atoms with Gasteiger partial charge in [-0.05, 0) is 37.0 Å². The minimum atomic E-state index is -3.79. The third kappa shape index (κ3) is 4.56. The molecule has 0 unspecified atom stereocenters. The molecule has 3 aromatic rings. The van der Waals surface area contributed by atoms with Crippen LogP contribution in [-0.2, 0) is 10.0 Å². The molecule has 0 bridgehead atoms.